The highest BCUT2D eigenvalue weighted by atomic mass is 16.5. The number of ether oxygens (including phenoxy) is 1. The minimum atomic E-state index is -0.437. The van der Waals surface area contributed by atoms with Crippen molar-refractivity contribution in [3.8, 4) is 0 Å². The molecule has 4 heteroatoms. The summed E-state index contributed by atoms with van der Waals surface area (Å²) in [4.78, 5) is 13.7. The summed E-state index contributed by atoms with van der Waals surface area (Å²) in [5.74, 6) is 0.0102. The van der Waals surface area contributed by atoms with Gasteiger partial charge in [0.15, 0.2) is 0 Å². The van der Waals surface area contributed by atoms with Gasteiger partial charge in [0.1, 0.15) is 6.61 Å². The predicted molar refractivity (Wildman–Crippen MR) is 72.7 cm³/mol. The first kappa shape index (κ1) is 14.0. The molecule has 1 aliphatic rings. The van der Waals surface area contributed by atoms with Crippen molar-refractivity contribution in [3.63, 3.8) is 0 Å². The molecule has 1 unspecified atom stereocenters. The molecule has 0 aliphatic carbocycles. The zero-order chi connectivity index (χ0) is 13.9. The Hall–Kier alpha value is -1.39. The van der Waals surface area contributed by atoms with E-state index in [0.717, 1.165) is 5.56 Å². The summed E-state index contributed by atoms with van der Waals surface area (Å²) in [6.07, 6.45) is 0.546. The third kappa shape index (κ3) is 3.55. The fourth-order valence-corrected chi connectivity index (χ4v) is 2.31. The number of benzene rings is 1. The molecule has 0 aromatic heterocycles. The van der Waals surface area contributed by atoms with Gasteiger partial charge in [0.25, 0.3) is 0 Å². The molecule has 1 N–H and O–H groups in total. The number of hydrogen-bond donors (Lipinski definition) is 1. The highest BCUT2D eigenvalue weighted by Gasteiger charge is 2.35. The number of aryl methyl sites for hydroxylation is 1. The summed E-state index contributed by atoms with van der Waals surface area (Å²) < 4.78 is 5.55. The molecule has 1 saturated heterocycles. The SMILES string of the molecule is Cc1ccc(CN2CC(C)(CCO)OCC2=O)cc1. The van der Waals surface area contributed by atoms with Gasteiger partial charge in [-0.1, -0.05) is 29.8 Å². The summed E-state index contributed by atoms with van der Waals surface area (Å²) in [5, 5.41) is 9.07. The first-order valence-electron chi connectivity index (χ1n) is 6.60. The maximum Gasteiger partial charge on any atom is 0.248 e. The number of hydrogen-bond acceptors (Lipinski definition) is 3. The summed E-state index contributed by atoms with van der Waals surface area (Å²) in [7, 11) is 0. The molecular formula is C15H21NO3. The Morgan fingerprint density at radius 1 is 1.37 bits per heavy atom. The Bertz CT molecular complexity index is 443. The van der Waals surface area contributed by atoms with E-state index in [1.165, 1.54) is 5.56 Å². The van der Waals surface area contributed by atoms with Crippen LogP contribution in [0.3, 0.4) is 0 Å². The van der Waals surface area contributed by atoms with Crippen LogP contribution < -0.4 is 0 Å². The van der Waals surface area contributed by atoms with Crippen molar-refractivity contribution in [1.82, 2.24) is 4.90 Å². The smallest absolute Gasteiger partial charge is 0.248 e. The molecule has 1 aromatic rings. The molecule has 1 aromatic carbocycles. The fraction of sp³-hybridized carbons (Fsp3) is 0.533. The molecule has 104 valence electrons. The van der Waals surface area contributed by atoms with Crippen LogP contribution in [-0.4, -0.2) is 41.3 Å². The number of nitrogens with zero attached hydrogens (tertiary/aromatic N) is 1. The number of aliphatic hydroxyl groups is 1. The fourth-order valence-electron chi connectivity index (χ4n) is 2.31. The number of carbonyl (C=O) groups excluding carboxylic acids is 1. The van der Waals surface area contributed by atoms with Crippen molar-refractivity contribution in [2.45, 2.75) is 32.4 Å². The van der Waals surface area contributed by atoms with Gasteiger partial charge in [-0.05, 0) is 19.4 Å². The topological polar surface area (TPSA) is 49.8 Å². The van der Waals surface area contributed by atoms with Crippen LogP contribution in [0.1, 0.15) is 24.5 Å². The van der Waals surface area contributed by atoms with E-state index in [9.17, 15) is 4.79 Å². The summed E-state index contributed by atoms with van der Waals surface area (Å²) >= 11 is 0. The number of rotatable bonds is 4. The van der Waals surface area contributed by atoms with Gasteiger partial charge in [0.05, 0.1) is 5.60 Å². The third-order valence-electron chi connectivity index (χ3n) is 3.56. The van der Waals surface area contributed by atoms with Gasteiger partial charge in [-0.25, -0.2) is 0 Å². The van der Waals surface area contributed by atoms with Crippen molar-refractivity contribution >= 4 is 5.91 Å². The summed E-state index contributed by atoms with van der Waals surface area (Å²) in [5.41, 5.74) is 1.89. The highest BCUT2D eigenvalue weighted by molar-refractivity contribution is 5.78. The molecule has 1 amide bonds. The second-order valence-electron chi connectivity index (χ2n) is 5.45. The minimum absolute atomic E-state index is 0.0102. The molecule has 0 radical (unpaired) electrons. The lowest BCUT2D eigenvalue weighted by Crippen LogP contribution is -2.53. The zero-order valence-corrected chi connectivity index (χ0v) is 11.6. The number of morpholine rings is 1. The molecule has 1 fully saturated rings. The number of carbonyl (C=O) groups is 1. The molecule has 2 rings (SSSR count). The molecule has 1 atom stereocenters. The maximum absolute atomic E-state index is 11.9. The Morgan fingerprint density at radius 3 is 2.68 bits per heavy atom. The minimum Gasteiger partial charge on any atom is -0.396 e. The van der Waals surface area contributed by atoms with E-state index in [0.29, 0.717) is 19.5 Å². The normalized spacial score (nSPS) is 23.7. The van der Waals surface area contributed by atoms with Crippen LogP contribution in [0, 0.1) is 6.92 Å². The van der Waals surface area contributed by atoms with Crippen LogP contribution >= 0.6 is 0 Å². The molecule has 0 saturated carbocycles. The Kier molecular flexibility index (Phi) is 4.22. The second-order valence-corrected chi connectivity index (χ2v) is 5.45. The quantitative estimate of drug-likeness (QED) is 0.895. The lowest BCUT2D eigenvalue weighted by molar-refractivity contribution is -0.164. The van der Waals surface area contributed by atoms with Crippen LogP contribution in [0.5, 0.6) is 0 Å². The molecular weight excluding hydrogens is 242 g/mol. The zero-order valence-electron chi connectivity index (χ0n) is 11.6. The maximum atomic E-state index is 11.9. The molecule has 19 heavy (non-hydrogen) atoms. The van der Waals surface area contributed by atoms with Crippen molar-refractivity contribution < 1.29 is 14.6 Å². The van der Waals surface area contributed by atoms with E-state index < -0.39 is 5.60 Å². The van der Waals surface area contributed by atoms with E-state index >= 15 is 0 Å². The van der Waals surface area contributed by atoms with Crippen molar-refractivity contribution in [1.29, 1.82) is 0 Å². The van der Waals surface area contributed by atoms with E-state index in [-0.39, 0.29) is 19.1 Å². The van der Waals surface area contributed by atoms with E-state index in [1.54, 1.807) is 0 Å². The predicted octanol–water partition coefficient (Wildman–Crippen LogP) is 1.49. The van der Waals surface area contributed by atoms with Gasteiger partial charge < -0.3 is 14.7 Å². The van der Waals surface area contributed by atoms with Gasteiger partial charge >= 0.3 is 0 Å². The average Bonchev–Trinajstić information content (AvgIpc) is 2.37. The van der Waals surface area contributed by atoms with Crippen LogP contribution in [-0.2, 0) is 16.1 Å². The monoisotopic (exact) mass is 263 g/mol. The van der Waals surface area contributed by atoms with Crippen LogP contribution in [0.2, 0.25) is 0 Å². The van der Waals surface area contributed by atoms with Crippen LogP contribution in [0.15, 0.2) is 24.3 Å². The molecule has 1 aliphatic heterocycles. The highest BCUT2D eigenvalue weighted by Crippen LogP contribution is 2.23. The molecule has 1 heterocycles. The largest absolute Gasteiger partial charge is 0.396 e. The molecule has 0 bridgehead atoms. The Labute approximate surface area is 114 Å². The van der Waals surface area contributed by atoms with Gasteiger partial charge in [0.2, 0.25) is 5.91 Å². The van der Waals surface area contributed by atoms with Crippen LogP contribution in [0.4, 0.5) is 0 Å². The van der Waals surface area contributed by atoms with Gasteiger partial charge in [0, 0.05) is 26.1 Å². The third-order valence-corrected chi connectivity index (χ3v) is 3.56. The van der Waals surface area contributed by atoms with E-state index in [1.807, 2.05) is 43.0 Å². The van der Waals surface area contributed by atoms with Gasteiger partial charge in [-0.15, -0.1) is 0 Å². The summed E-state index contributed by atoms with van der Waals surface area (Å²) in [6, 6.07) is 8.18. The lowest BCUT2D eigenvalue weighted by atomic mass is 9.99. The van der Waals surface area contributed by atoms with Crippen molar-refractivity contribution in [2.24, 2.45) is 0 Å². The van der Waals surface area contributed by atoms with Gasteiger partial charge in [-0.2, -0.15) is 0 Å². The number of aliphatic hydroxyl groups excluding tert-OH is 1. The molecule has 4 nitrogen and oxygen atoms in total. The average molecular weight is 263 g/mol. The summed E-state index contributed by atoms with van der Waals surface area (Å²) in [6.45, 7) is 5.29. The standard InChI is InChI=1S/C15H21NO3/c1-12-3-5-13(6-4-12)9-16-11-15(2,7-8-17)19-10-14(16)18/h3-6,17H,7-11H2,1-2H3. The Balaban J connectivity index is 2.05. The van der Waals surface area contributed by atoms with Crippen molar-refractivity contribution in [3.05, 3.63) is 35.4 Å². The van der Waals surface area contributed by atoms with Crippen molar-refractivity contribution in [2.75, 3.05) is 19.8 Å². The lowest BCUT2D eigenvalue weighted by Gasteiger charge is -2.40. The Morgan fingerprint density at radius 2 is 2.05 bits per heavy atom. The van der Waals surface area contributed by atoms with E-state index in [4.69, 9.17) is 9.84 Å². The first-order valence-corrected chi connectivity index (χ1v) is 6.60. The number of amides is 1. The first-order chi connectivity index (χ1) is 9.02. The van der Waals surface area contributed by atoms with Crippen LogP contribution in [0.25, 0.3) is 0 Å². The second kappa shape index (κ2) is 5.72. The molecule has 0 spiro atoms. The van der Waals surface area contributed by atoms with E-state index in [2.05, 4.69) is 0 Å². The van der Waals surface area contributed by atoms with Gasteiger partial charge in [-0.3, -0.25) is 4.79 Å².